The first-order valence-electron chi connectivity index (χ1n) is 13.1. The number of aryl methyl sites for hydroxylation is 1. The lowest BCUT2D eigenvalue weighted by atomic mass is 10.0. The van der Waals surface area contributed by atoms with Crippen molar-refractivity contribution in [3.63, 3.8) is 0 Å². The van der Waals surface area contributed by atoms with Crippen LogP contribution in [-0.4, -0.2) is 77.5 Å². The molecule has 0 saturated carbocycles. The van der Waals surface area contributed by atoms with Crippen molar-refractivity contribution in [2.24, 2.45) is 7.05 Å². The van der Waals surface area contributed by atoms with Gasteiger partial charge in [-0.25, -0.2) is 9.88 Å². The van der Waals surface area contributed by atoms with Crippen molar-refractivity contribution in [3.8, 4) is 11.5 Å². The molecule has 0 spiro atoms. The van der Waals surface area contributed by atoms with Gasteiger partial charge in [0.2, 0.25) is 11.8 Å². The van der Waals surface area contributed by atoms with Crippen LogP contribution in [0.1, 0.15) is 34.8 Å². The minimum atomic E-state index is -3.41. The smallest absolute Gasteiger partial charge is 0.323 e. The minimum absolute atomic E-state index is 0.0202. The van der Waals surface area contributed by atoms with Gasteiger partial charge in [-0.05, 0) is 41.1 Å². The van der Waals surface area contributed by atoms with E-state index in [1.165, 1.54) is 24.0 Å². The van der Waals surface area contributed by atoms with E-state index < -0.39 is 24.5 Å². The summed E-state index contributed by atoms with van der Waals surface area (Å²) in [7, 11) is 1.57. The van der Waals surface area contributed by atoms with Gasteiger partial charge in [0.05, 0.1) is 13.6 Å². The van der Waals surface area contributed by atoms with E-state index in [2.05, 4.69) is 30.7 Å². The zero-order chi connectivity index (χ0) is 29.4. The number of nitrogens with one attached hydrogen (secondary N) is 1. The summed E-state index contributed by atoms with van der Waals surface area (Å²) in [6.07, 6.45) is 1.40. The van der Waals surface area contributed by atoms with Crippen molar-refractivity contribution in [2.75, 3.05) is 25.0 Å². The van der Waals surface area contributed by atoms with Gasteiger partial charge in [0.15, 0.2) is 11.4 Å². The molecule has 12 nitrogen and oxygen atoms in total. The van der Waals surface area contributed by atoms with E-state index in [0.29, 0.717) is 27.9 Å². The number of tetrazole rings is 1. The second-order valence-electron chi connectivity index (χ2n) is 9.85. The van der Waals surface area contributed by atoms with Gasteiger partial charge >= 0.3 is 6.05 Å². The molecule has 0 aliphatic carbocycles. The van der Waals surface area contributed by atoms with E-state index in [0.717, 1.165) is 9.80 Å². The molecule has 2 aromatic carbocycles. The SMILES string of the molecule is CC(=O)Nc1ccc2oc(-c3ccnc(C(=O)N4CCN(C(c5ccccc5)c5nnn(C)n5)C(F)(F)C4)c3)nc2c1. The number of aromatic nitrogens is 6. The number of fused-ring (bicyclic) bond motifs is 1. The predicted molar refractivity (Wildman–Crippen MR) is 146 cm³/mol. The molecule has 1 saturated heterocycles. The van der Waals surface area contributed by atoms with Crippen LogP contribution in [0.25, 0.3) is 22.6 Å². The van der Waals surface area contributed by atoms with E-state index in [1.54, 1.807) is 61.6 Å². The summed E-state index contributed by atoms with van der Waals surface area (Å²) < 4.78 is 37.4. The lowest BCUT2D eigenvalue weighted by Gasteiger charge is -2.43. The Morgan fingerprint density at radius 3 is 2.60 bits per heavy atom. The van der Waals surface area contributed by atoms with Gasteiger partial charge in [-0.15, -0.1) is 10.2 Å². The molecule has 0 radical (unpaired) electrons. The maximum Gasteiger partial charge on any atom is 0.323 e. The Balaban J connectivity index is 1.23. The standard InChI is InChI=1S/C28H25F2N9O3/c1-17(40)32-20-8-9-23-21(15-20)33-26(42-23)19-10-11-31-22(14-19)27(41)38-12-13-39(28(29,30)16-38)24(18-6-4-3-5-7-18)25-34-36-37(2)35-25/h3-11,14-15,24H,12-13,16H2,1-2H3,(H,32,40). The number of halogens is 2. The first kappa shape index (κ1) is 27.1. The lowest BCUT2D eigenvalue weighted by molar-refractivity contribution is -0.190. The third-order valence-electron chi connectivity index (χ3n) is 6.83. The van der Waals surface area contributed by atoms with Crippen LogP contribution in [0, 0.1) is 0 Å². The van der Waals surface area contributed by atoms with Gasteiger partial charge in [-0.3, -0.25) is 14.6 Å². The van der Waals surface area contributed by atoms with Crippen molar-refractivity contribution in [2.45, 2.75) is 19.0 Å². The first-order valence-corrected chi connectivity index (χ1v) is 13.1. The molecule has 1 fully saturated rings. The van der Waals surface area contributed by atoms with E-state index >= 15 is 8.78 Å². The summed E-state index contributed by atoms with van der Waals surface area (Å²) in [5.74, 6) is -0.504. The largest absolute Gasteiger partial charge is 0.436 e. The van der Waals surface area contributed by atoms with Crippen molar-refractivity contribution >= 4 is 28.6 Å². The van der Waals surface area contributed by atoms with Crippen LogP contribution in [0.3, 0.4) is 0 Å². The second-order valence-corrected chi connectivity index (χ2v) is 9.85. The second kappa shape index (κ2) is 10.7. The summed E-state index contributed by atoms with van der Waals surface area (Å²) in [6.45, 7) is 0.438. The molecule has 5 aromatic rings. The van der Waals surface area contributed by atoms with Gasteiger partial charge in [0.25, 0.3) is 5.91 Å². The number of amides is 2. The highest BCUT2D eigenvalue weighted by Crippen LogP contribution is 2.37. The molecular formula is C28H25F2N9O3. The fraction of sp³-hybridized carbons (Fsp3) is 0.250. The number of nitrogens with zero attached hydrogens (tertiary/aromatic N) is 8. The van der Waals surface area contributed by atoms with Crippen molar-refractivity contribution in [3.05, 3.63) is 83.9 Å². The number of carbonyl (C=O) groups excluding carboxylic acids is 2. The Morgan fingerprint density at radius 2 is 1.88 bits per heavy atom. The van der Waals surface area contributed by atoms with E-state index in [1.807, 2.05) is 0 Å². The Morgan fingerprint density at radius 1 is 1.07 bits per heavy atom. The molecule has 1 unspecified atom stereocenters. The molecule has 1 N–H and O–H groups in total. The number of piperazine rings is 1. The topological polar surface area (TPSA) is 135 Å². The van der Waals surface area contributed by atoms with Gasteiger partial charge in [-0.2, -0.15) is 13.6 Å². The molecule has 4 heterocycles. The fourth-order valence-electron chi connectivity index (χ4n) is 4.97. The molecule has 0 bridgehead atoms. The van der Waals surface area contributed by atoms with Crippen LogP contribution in [0.4, 0.5) is 14.5 Å². The molecule has 3 aromatic heterocycles. The molecule has 42 heavy (non-hydrogen) atoms. The molecule has 6 rings (SSSR count). The van der Waals surface area contributed by atoms with Crippen molar-refractivity contribution in [1.29, 1.82) is 0 Å². The Labute approximate surface area is 238 Å². The number of oxazole rings is 1. The third-order valence-corrected chi connectivity index (χ3v) is 6.83. The van der Waals surface area contributed by atoms with Crippen LogP contribution >= 0.6 is 0 Å². The third kappa shape index (κ3) is 5.31. The summed E-state index contributed by atoms with van der Waals surface area (Å²) in [4.78, 5) is 36.7. The number of alkyl halides is 2. The van der Waals surface area contributed by atoms with Crippen molar-refractivity contribution in [1.82, 2.24) is 40.0 Å². The highest BCUT2D eigenvalue weighted by Gasteiger charge is 2.49. The van der Waals surface area contributed by atoms with Crippen LogP contribution < -0.4 is 5.32 Å². The molecule has 1 aliphatic rings. The van der Waals surface area contributed by atoms with Gasteiger partial charge < -0.3 is 14.6 Å². The quantitative estimate of drug-likeness (QED) is 0.303. The molecule has 1 atom stereocenters. The van der Waals surface area contributed by atoms with E-state index in [9.17, 15) is 9.59 Å². The number of anilines is 1. The molecular weight excluding hydrogens is 548 g/mol. The number of benzene rings is 2. The fourth-order valence-corrected chi connectivity index (χ4v) is 4.97. The monoisotopic (exact) mass is 573 g/mol. The summed E-state index contributed by atoms with van der Waals surface area (Å²) in [6, 6.07) is 12.5. The summed E-state index contributed by atoms with van der Waals surface area (Å²) in [5.41, 5.74) is 2.56. The van der Waals surface area contributed by atoms with Gasteiger partial charge in [0.1, 0.15) is 17.3 Å². The van der Waals surface area contributed by atoms with Crippen LogP contribution in [0.2, 0.25) is 0 Å². The van der Waals surface area contributed by atoms with Crippen LogP contribution in [0.5, 0.6) is 0 Å². The Kier molecular flexibility index (Phi) is 6.90. The molecule has 1 aliphatic heterocycles. The predicted octanol–water partition coefficient (Wildman–Crippen LogP) is 3.51. The molecule has 2 amide bonds. The zero-order valence-electron chi connectivity index (χ0n) is 22.6. The number of hydrogen-bond acceptors (Lipinski definition) is 9. The maximum absolute atomic E-state index is 15.8. The normalized spacial score (nSPS) is 16.0. The van der Waals surface area contributed by atoms with Crippen molar-refractivity contribution < 1.29 is 22.8 Å². The average Bonchev–Trinajstić information content (AvgIpc) is 3.59. The highest BCUT2D eigenvalue weighted by molar-refractivity contribution is 5.94. The molecule has 214 valence electrons. The van der Waals surface area contributed by atoms with Gasteiger partial charge in [0, 0.05) is 37.5 Å². The number of carbonyl (C=O) groups is 2. The molecule has 14 heteroatoms. The van der Waals surface area contributed by atoms with E-state index in [4.69, 9.17) is 4.42 Å². The Bertz CT molecular complexity index is 1770. The summed E-state index contributed by atoms with van der Waals surface area (Å²) >= 11 is 0. The zero-order valence-corrected chi connectivity index (χ0v) is 22.6. The lowest BCUT2D eigenvalue weighted by Crippen LogP contribution is -2.60. The van der Waals surface area contributed by atoms with E-state index in [-0.39, 0.29) is 36.4 Å². The maximum atomic E-state index is 15.8. The Hall–Kier alpha value is -5.11. The first-order chi connectivity index (χ1) is 20.2. The minimum Gasteiger partial charge on any atom is -0.436 e. The van der Waals surface area contributed by atoms with Crippen LogP contribution in [0.15, 0.2) is 71.3 Å². The summed E-state index contributed by atoms with van der Waals surface area (Å²) in [5, 5.41) is 14.7. The highest BCUT2D eigenvalue weighted by atomic mass is 19.3. The average molecular weight is 574 g/mol. The van der Waals surface area contributed by atoms with Gasteiger partial charge in [-0.1, -0.05) is 30.3 Å². The van der Waals surface area contributed by atoms with Crippen LogP contribution in [-0.2, 0) is 11.8 Å². The number of hydrogen-bond donors (Lipinski definition) is 1. The number of rotatable bonds is 6. The number of pyridine rings is 1.